The van der Waals surface area contributed by atoms with Gasteiger partial charge in [0.2, 0.25) is 0 Å². The molecule has 3 heterocycles. The van der Waals surface area contributed by atoms with Crippen molar-refractivity contribution >= 4 is 56.5 Å². The van der Waals surface area contributed by atoms with Crippen molar-refractivity contribution in [2.45, 2.75) is 23.9 Å². The standard InChI is InChI=1S/C23H19Cl2N3OS2/c1-27-11-10-18-19(12-27)31-21-20(18)22(29)28(17-8-6-16(25)7-9-17)23(26-21)30-13-14-2-4-15(24)5-3-14/h2-9H,10-13H2,1H3/p+1. The van der Waals surface area contributed by atoms with Crippen LogP contribution >= 0.6 is 46.3 Å². The van der Waals surface area contributed by atoms with Crippen molar-refractivity contribution < 1.29 is 4.90 Å². The van der Waals surface area contributed by atoms with Crippen LogP contribution in [-0.4, -0.2) is 23.1 Å². The quantitative estimate of drug-likeness (QED) is 0.336. The van der Waals surface area contributed by atoms with Crippen molar-refractivity contribution in [2.75, 3.05) is 13.6 Å². The summed E-state index contributed by atoms with van der Waals surface area (Å²) in [6.07, 6.45) is 0.913. The number of hydrogen-bond acceptors (Lipinski definition) is 4. The first kappa shape index (κ1) is 21.0. The number of likely N-dealkylation sites (N-methyl/N-ethyl adjacent to an activating group) is 1. The average molecular weight is 489 g/mol. The van der Waals surface area contributed by atoms with Gasteiger partial charge in [-0.2, -0.15) is 0 Å². The Bertz CT molecular complexity index is 1310. The fourth-order valence-electron chi connectivity index (χ4n) is 3.88. The van der Waals surface area contributed by atoms with E-state index in [0.717, 1.165) is 41.0 Å². The monoisotopic (exact) mass is 488 g/mol. The van der Waals surface area contributed by atoms with Crippen LogP contribution in [-0.2, 0) is 18.7 Å². The Kier molecular flexibility index (Phi) is 5.84. The zero-order chi connectivity index (χ0) is 21.5. The molecule has 0 amide bonds. The normalized spacial score (nSPS) is 15.9. The van der Waals surface area contributed by atoms with Gasteiger partial charge in [0.05, 0.1) is 29.5 Å². The Morgan fingerprint density at radius 3 is 2.48 bits per heavy atom. The molecule has 0 fully saturated rings. The highest BCUT2D eigenvalue weighted by Crippen LogP contribution is 2.32. The Hall–Kier alpha value is -1.83. The number of nitrogens with zero attached hydrogens (tertiary/aromatic N) is 2. The van der Waals surface area contributed by atoms with Crippen molar-refractivity contribution in [1.29, 1.82) is 0 Å². The molecule has 0 saturated heterocycles. The van der Waals surface area contributed by atoms with Gasteiger partial charge >= 0.3 is 0 Å². The second kappa shape index (κ2) is 8.60. The van der Waals surface area contributed by atoms with E-state index in [1.54, 1.807) is 27.7 Å². The fourth-order valence-corrected chi connectivity index (χ4v) is 6.48. The maximum atomic E-state index is 13.8. The molecule has 8 heteroatoms. The highest BCUT2D eigenvalue weighted by molar-refractivity contribution is 7.98. The third kappa shape index (κ3) is 4.15. The molecule has 31 heavy (non-hydrogen) atoms. The number of halogens is 2. The van der Waals surface area contributed by atoms with E-state index in [2.05, 4.69) is 7.05 Å². The molecule has 2 aromatic carbocycles. The summed E-state index contributed by atoms with van der Waals surface area (Å²) in [6.45, 7) is 1.98. The molecule has 158 valence electrons. The molecule has 1 aliphatic rings. The molecule has 0 bridgehead atoms. The Balaban J connectivity index is 1.65. The van der Waals surface area contributed by atoms with Gasteiger partial charge in [0.1, 0.15) is 11.4 Å². The molecule has 0 spiro atoms. The predicted octanol–water partition coefficient (Wildman–Crippen LogP) is 4.62. The molecule has 0 saturated carbocycles. The van der Waals surface area contributed by atoms with E-state index >= 15 is 0 Å². The third-order valence-corrected chi connectivity index (χ3v) is 8.15. The summed E-state index contributed by atoms with van der Waals surface area (Å²) < 4.78 is 1.73. The first-order valence-electron chi connectivity index (χ1n) is 10.0. The van der Waals surface area contributed by atoms with Gasteiger partial charge in [-0.15, -0.1) is 11.3 Å². The molecule has 4 aromatic rings. The lowest BCUT2D eigenvalue weighted by atomic mass is 10.1. The highest BCUT2D eigenvalue weighted by Gasteiger charge is 2.26. The molecule has 1 unspecified atom stereocenters. The van der Waals surface area contributed by atoms with Gasteiger partial charge in [-0.1, -0.05) is 47.1 Å². The smallest absolute Gasteiger partial charge is 0.267 e. The van der Waals surface area contributed by atoms with Gasteiger partial charge in [0.15, 0.2) is 5.16 Å². The minimum Gasteiger partial charge on any atom is -0.333 e. The third-order valence-electron chi connectivity index (χ3n) is 5.51. The average Bonchev–Trinajstić information content (AvgIpc) is 3.12. The number of benzene rings is 2. The van der Waals surface area contributed by atoms with Crippen LogP contribution in [0.15, 0.2) is 58.5 Å². The second-order valence-electron chi connectivity index (χ2n) is 7.74. The van der Waals surface area contributed by atoms with Crippen LogP contribution in [0.3, 0.4) is 0 Å². The minimum absolute atomic E-state index is 0.00276. The van der Waals surface area contributed by atoms with E-state index in [-0.39, 0.29) is 5.56 Å². The molecule has 0 aliphatic carbocycles. The van der Waals surface area contributed by atoms with E-state index in [1.165, 1.54) is 15.3 Å². The van der Waals surface area contributed by atoms with Crippen LogP contribution in [0.5, 0.6) is 0 Å². The van der Waals surface area contributed by atoms with Gasteiger partial charge in [0, 0.05) is 22.2 Å². The molecule has 4 nitrogen and oxygen atoms in total. The van der Waals surface area contributed by atoms with Crippen molar-refractivity contribution in [3.05, 3.63) is 84.9 Å². The predicted molar refractivity (Wildman–Crippen MR) is 130 cm³/mol. The summed E-state index contributed by atoms with van der Waals surface area (Å²) in [4.78, 5) is 22.3. The zero-order valence-electron chi connectivity index (χ0n) is 16.8. The van der Waals surface area contributed by atoms with Crippen LogP contribution in [0, 0.1) is 0 Å². The van der Waals surface area contributed by atoms with Gasteiger partial charge < -0.3 is 4.90 Å². The second-order valence-corrected chi connectivity index (χ2v) is 10.6. The van der Waals surface area contributed by atoms with Gasteiger partial charge in [-0.25, -0.2) is 4.98 Å². The topological polar surface area (TPSA) is 39.3 Å². The lowest BCUT2D eigenvalue weighted by molar-refractivity contribution is -0.895. The van der Waals surface area contributed by atoms with Crippen molar-refractivity contribution in [1.82, 2.24) is 9.55 Å². The maximum Gasteiger partial charge on any atom is 0.267 e. The van der Waals surface area contributed by atoms with E-state index in [9.17, 15) is 4.79 Å². The van der Waals surface area contributed by atoms with Crippen LogP contribution < -0.4 is 10.5 Å². The molecule has 2 aromatic heterocycles. The summed E-state index contributed by atoms with van der Waals surface area (Å²) in [7, 11) is 2.19. The van der Waals surface area contributed by atoms with Gasteiger partial charge in [-0.3, -0.25) is 9.36 Å². The number of fused-ring (bicyclic) bond motifs is 3. The van der Waals surface area contributed by atoms with E-state index in [1.807, 2.05) is 48.5 Å². The van der Waals surface area contributed by atoms with Crippen LogP contribution in [0.25, 0.3) is 15.9 Å². The molecular weight excluding hydrogens is 469 g/mol. The number of rotatable bonds is 4. The highest BCUT2D eigenvalue weighted by atomic mass is 35.5. The molecule has 1 aliphatic heterocycles. The summed E-state index contributed by atoms with van der Waals surface area (Å²) in [5.74, 6) is 0.695. The van der Waals surface area contributed by atoms with Crippen LogP contribution in [0.4, 0.5) is 0 Å². The summed E-state index contributed by atoms with van der Waals surface area (Å²) in [5, 5.41) is 2.81. The van der Waals surface area contributed by atoms with Gasteiger partial charge in [0.25, 0.3) is 5.56 Å². The van der Waals surface area contributed by atoms with E-state index < -0.39 is 0 Å². The summed E-state index contributed by atoms with van der Waals surface area (Å²) >= 11 is 15.3. The van der Waals surface area contributed by atoms with E-state index in [4.69, 9.17) is 28.2 Å². The maximum absolute atomic E-state index is 13.8. The van der Waals surface area contributed by atoms with Crippen molar-refractivity contribution in [2.24, 2.45) is 0 Å². The number of thiophene rings is 1. The molecule has 0 radical (unpaired) electrons. The summed E-state index contributed by atoms with van der Waals surface area (Å²) in [5.41, 5.74) is 3.09. The van der Waals surface area contributed by atoms with Crippen LogP contribution in [0.1, 0.15) is 16.0 Å². The first-order chi connectivity index (χ1) is 15.0. The number of nitrogens with one attached hydrogen (secondary N) is 1. The SMILES string of the molecule is C[NH+]1CCc2c(sc3nc(SCc4ccc(Cl)cc4)n(-c4ccc(Cl)cc4)c(=O)c23)C1. The lowest BCUT2D eigenvalue weighted by Gasteiger charge is -2.19. The molecule has 5 rings (SSSR count). The summed E-state index contributed by atoms with van der Waals surface area (Å²) in [6, 6.07) is 15.1. The zero-order valence-corrected chi connectivity index (χ0v) is 20.0. The minimum atomic E-state index is 0.00276. The van der Waals surface area contributed by atoms with Gasteiger partial charge in [-0.05, 0) is 47.5 Å². The Morgan fingerprint density at radius 2 is 1.77 bits per heavy atom. The number of quaternary nitrogens is 1. The van der Waals surface area contributed by atoms with E-state index in [0.29, 0.717) is 21.0 Å². The molecular formula is C23H20Cl2N3OS2+. The number of thioether (sulfide) groups is 1. The number of hydrogen-bond donors (Lipinski definition) is 1. The fraction of sp³-hybridized carbons (Fsp3) is 0.217. The Labute approximate surface area is 198 Å². The van der Waals surface area contributed by atoms with Crippen LogP contribution in [0.2, 0.25) is 10.0 Å². The largest absolute Gasteiger partial charge is 0.333 e. The van der Waals surface area contributed by atoms with Crippen molar-refractivity contribution in [3.8, 4) is 5.69 Å². The molecule has 1 N–H and O–H groups in total. The number of aromatic nitrogens is 2. The molecule has 1 atom stereocenters. The van der Waals surface area contributed by atoms with Crippen molar-refractivity contribution in [3.63, 3.8) is 0 Å². The first-order valence-corrected chi connectivity index (χ1v) is 12.6. The Morgan fingerprint density at radius 1 is 1.10 bits per heavy atom. The lowest BCUT2D eigenvalue weighted by Crippen LogP contribution is -3.08.